The lowest BCUT2D eigenvalue weighted by Crippen LogP contribution is -2.29. The molecule has 1 aromatic carbocycles. The number of nitrogens with two attached hydrogens (primary N) is 1. The van der Waals surface area contributed by atoms with Crippen LogP contribution in [-0.2, 0) is 0 Å². The average Bonchev–Trinajstić information content (AvgIpc) is 3.28. The van der Waals surface area contributed by atoms with E-state index < -0.39 is 0 Å². The number of nitrogens with one attached hydrogen (secondary N) is 1. The quantitative estimate of drug-likeness (QED) is 0.655. The smallest absolute Gasteiger partial charge is 0.339 e. The predicted molar refractivity (Wildman–Crippen MR) is 104 cm³/mol. The van der Waals surface area contributed by atoms with E-state index in [1.165, 1.54) is 12.1 Å². The van der Waals surface area contributed by atoms with Crippen molar-refractivity contribution >= 4 is 11.0 Å². The molecule has 6 nitrogen and oxygen atoms in total. The second kappa shape index (κ2) is 7.62. The van der Waals surface area contributed by atoms with Gasteiger partial charge in [0.05, 0.1) is 6.04 Å². The van der Waals surface area contributed by atoms with Crippen molar-refractivity contribution in [1.82, 2.24) is 19.4 Å². The molecule has 0 aliphatic carbocycles. The fraction of sp³-hybridized carbons (Fsp3) is 0.400. The first kappa shape index (κ1) is 17.9. The highest BCUT2D eigenvalue weighted by Gasteiger charge is 2.24. The van der Waals surface area contributed by atoms with Gasteiger partial charge in [0.15, 0.2) is 0 Å². The van der Waals surface area contributed by atoms with E-state index in [-0.39, 0.29) is 17.5 Å². The van der Waals surface area contributed by atoms with Crippen LogP contribution in [0.15, 0.2) is 41.3 Å². The van der Waals surface area contributed by atoms with Gasteiger partial charge in [-0.05, 0) is 68.2 Å². The van der Waals surface area contributed by atoms with Gasteiger partial charge in [0.2, 0.25) is 0 Å². The van der Waals surface area contributed by atoms with E-state index in [1.807, 2.05) is 12.3 Å². The summed E-state index contributed by atoms with van der Waals surface area (Å²) in [6.07, 6.45) is 4.96. The van der Waals surface area contributed by atoms with E-state index in [2.05, 4.69) is 14.9 Å². The SMILES string of the molecule is NCCCCN1CCC(n2cc3cc(-c4ccc(F)cc4)[nH]c3nc2=O)C1. The van der Waals surface area contributed by atoms with Gasteiger partial charge in [-0.3, -0.25) is 4.57 Å². The molecule has 0 saturated carbocycles. The molecule has 1 fully saturated rings. The summed E-state index contributed by atoms with van der Waals surface area (Å²) < 4.78 is 14.9. The van der Waals surface area contributed by atoms with Crippen LogP contribution < -0.4 is 11.4 Å². The third-order valence-electron chi connectivity index (χ3n) is 5.26. The molecule has 0 amide bonds. The number of benzene rings is 1. The Morgan fingerprint density at radius 1 is 1.26 bits per heavy atom. The standard InChI is InChI=1S/C20H24FN5O/c21-16-5-3-14(4-6-16)18-11-15-12-26(20(27)24-19(15)23-18)17-7-10-25(13-17)9-2-1-8-22/h3-6,11-12,17H,1-2,7-10,13,22H2,(H,23,24,27). The summed E-state index contributed by atoms with van der Waals surface area (Å²) in [5, 5.41) is 0.885. The lowest BCUT2D eigenvalue weighted by Gasteiger charge is -2.16. The monoisotopic (exact) mass is 369 g/mol. The van der Waals surface area contributed by atoms with Gasteiger partial charge >= 0.3 is 5.69 Å². The molecule has 1 saturated heterocycles. The molecule has 7 heteroatoms. The molecule has 3 N–H and O–H groups in total. The molecule has 1 unspecified atom stereocenters. The molecule has 1 aliphatic heterocycles. The van der Waals surface area contributed by atoms with E-state index >= 15 is 0 Å². The zero-order valence-corrected chi connectivity index (χ0v) is 15.2. The lowest BCUT2D eigenvalue weighted by molar-refractivity contribution is 0.315. The second-order valence-corrected chi connectivity index (χ2v) is 7.16. The minimum Gasteiger partial charge on any atom is -0.339 e. The zero-order valence-electron chi connectivity index (χ0n) is 15.2. The zero-order chi connectivity index (χ0) is 18.8. The topological polar surface area (TPSA) is 79.9 Å². The number of nitrogens with zero attached hydrogens (tertiary/aromatic N) is 3. The molecule has 3 heterocycles. The molecule has 2 aromatic heterocycles. The van der Waals surface area contributed by atoms with Crippen molar-refractivity contribution in [3.63, 3.8) is 0 Å². The Morgan fingerprint density at radius 2 is 2.07 bits per heavy atom. The van der Waals surface area contributed by atoms with Gasteiger partial charge in [0.25, 0.3) is 0 Å². The summed E-state index contributed by atoms with van der Waals surface area (Å²) in [6, 6.07) is 8.37. The van der Waals surface area contributed by atoms with Gasteiger partial charge in [-0.25, -0.2) is 9.18 Å². The van der Waals surface area contributed by atoms with Crippen molar-refractivity contribution in [2.45, 2.75) is 25.3 Å². The Bertz CT molecular complexity index is 978. The molecule has 0 bridgehead atoms. The average molecular weight is 369 g/mol. The minimum atomic E-state index is -0.273. The van der Waals surface area contributed by atoms with Crippen LogP contribution in [0.4, 0.5) is 4.39 Å². The van der Waals surface area contributed by atoms with Crippen LogP contribution in [-0.4, -0.2) is 45.6 Å². The van der Waals surface area contributed by atoms with Crippen LogP contribution in [0.25, 0.3) is 22.3 Å². The van der Waals surface area contributed by atoms with Crippen LogP contribution in [0.3, 0.4) is 0 Å². The van der Waals surface area contributed by atoms with Gasteiger partial charge in [0.1, 0.15) is 11.5 Å². The number of halogens is 1. The van der Waals surface area contributed by atoms with Gasteiger partial charge in [-0.1, -0.05) is 0 Å². The van der Waals surface area contributed by atoms with E-state index in [0.29, 0.717) is 5.65 Å². The number of likely N-dealkylation sites (tertiary alicyclic amines) is 1. The number of unbranched alkanes of at least 4 members (excludes halogenated alkanes) is 1. The number of hydrogen-bond acceptors (Lipinski definition) is 4. The third-order valence-corrected chi connectivity index (χ3v) is 5.26. The minimum absolute atomic E-state index is 0.149. The molecule has 1 atom stereocenters. The van der Waals surface area contributed by atoms with Crippen LogP contribution in [0.1, 0.15) is 25.3 Å². The summed E-state index contributed by atoms with van der Waals surface area (Å²) in [7, 11) is 0. The summed E-state index contributed by atoms with van der Waals surface area (Å²) in [5.74, 6) is -0.273. The highest BCUT2D eigenvalue weighted by molar-refractivity contribution is 5.82. The van der Waals surface area contributed by atoms with Crippen LogP contribution >= 0.6 is 0 Å². The van der Waals surface area contributed by atoms with Crippen LogP contribution in [0.2, 0.25) is 0 Å². The molecule has 3 aromatic rings. The Kier molecular flexibility index (Phi) is 5.05. The Labute approximate surface area is 156 Å². The molecule has 4 rings (SSSR count). The highest BCUT2D eigenvalue weighted by Crippen LogP contribution is 2.25. The van der Waals surface area contributed by atoms with Gasteiger partial charge in [-0.2, -0.15) is 4.98 Å². The molecule has 1 aliphatic rings. The van der Waals surface area contributed by atoms with Crippen molar-refractivity contribution in [3.8, 4) is 11.3 Å². The number of hydrogen-bond donors (Lipinski definition) is 2. The number of H-pyrrole nitrogens is 1. The van der Waals surface area contributed by atoms with Crippen molar-refractivity contribution in [3.05, 3.63) is 52.8 Å². The Morgan fingerprint density at radius 3 is 2.85 bits per heavy atom. The molecule has 0 radical (unpaired) electrons. The normalized spacial score (nSPS) is 17.8. The van der Waals surface area contributed by atoms with Crippen molar-refractivity contribution < 1.29 is 4.39 Å². The van der Waals surface area contributed by atoms with E-state index in [4.69, 9.17) is 5.73 Å². The maximum atomic E-state index is 13.1. The highest BCUT2D eigenvalue weighted by atomic mass is 19.1. The van der Waals surface area contributed by atoms with E-state index in [0.717, 1.165) is 62.1 Å². The Hall–Kier alpha value is -2.51. The summed E-state index contributed by atoms with van der Waals surface area (Å²) in [5.41, 5.74) is 7.58. The molecule has 142 valence electrons. The number of fused-ring (bicyclic) bond motifs is 1. The van der Waals surface area contributed by atoms with Crippen LogP contribution in [0.5, 0.6) is 0 Å². The Balaban J connectivity index is 1.57. The fourth-order valence-electron chi connectivity index (χ4n) is 3.78. The largest absolute Gasteiger partial charge is 0.349 e. The lowest BCUT2D eigenvalue weighted by atomic mass is 10.1. The van der Waals surface area contributed by atoms with E-state index in [9.17, 15) is 9.18 Å². The van der Waals surface area contributed by atoms with Gasteiger partial charge < -0.3 is 15.6 Å². The second-order valence-electron chi connectivity index (χ2n) is 7.16. The van der Waals surface area contributed by atoms with Crippen LogP contribution in [0, 0.1) is 5.82 Å². The van der Waals surface area contributed by atoms with Crippen molar-refractivity contribution in [2.75, 3.05) is 26.2 Å². The van der Waals surface area contributed by atoms with Crippen molar-refractivity contribution in [2.24, 2.45) is 5.73 Å². The first-order chi connectivity index (χ1) is 13.1. The first-order valence-corrected chi connectivity index (χ1v) is 9.44. The van der Waals surface area contributed by atoms with E-state index in [1.54, 1.807) is 16.7 Å². The summed E-state index contributed by atoms with van der Waals surface area (Å²) >= 11 is 0. The number of aromatic nitrogens is 3. The maximum Gasteiger partial charge on any atom is 0.349 e. The van der Waals surface area contributed by atoms with Gasteiger partial charge in [-0.15, -0.1) is 0 Å². The maximum absolute atomic E-state index is 13.1. The van der Waals surface area contributed by atoms with Gasteiger partial charge in [0, 0.05) is 30.4 Å². The molecular weight excluding hydrogens is 345 g/mol. The molecule has 0 spiro atoms. The first-order valence-electron chi connectivity index (χ1n) is 9.44. The molecular formula is C20H24FN5O. The summed E-state index contributed by atoms with van der Waals surface area (Å²) in [4.78, 5) is 22.3. The predicted octanol–water partition coefficient (Wildman–Crippen LogP) is 2.52. The third kappa shape index (κ3) is 3.79. The molecule has 27 heavy (non-hydrogen) atoms. The fourth-order valence-corrected chi connectivity index (χ4v) is 3.78. The number of aromatic amines is 1. The number of rotatable bonds is 6. The van der Waals surface area contributed by atoms with Crippen molar-refractivity contribution in [1.29, 1.82) is 0 Å². The summed E-state index contributed by atoms with van der Waals surface area (Å²) in [6.45, 7) is 3.61.